The summed E-state index contributed by atoms with van der Waals surface area (Å²) in [5.41, 5.74) is 2.04. The minimum Gasteiger partial charge on any atom is -0.336 e. The number of rotatable bonds is 4. The van der Waals surface area contributed by atoms with Gasteiger partial charge in [-0.3, -0.25) is 4.79 Å². The Morgan fingerprint density at radius 3 is 2.90 bits per heavy atom. The molecule has 6 heteroatoms. The van der Waals surface area contributed by atoms with E-state index in [1.165, 1.54) is 17.5 Å². The van der Waals surface area contributed by atoms with Crippen molar-refractivity contribution in [2.75, 3.05) is 6.54 Å². The van der Waals surface area contributed by atoms with Crippen LogP contribution in [-0.4, -0.2) is 28.4 Å². The number of amides is 2. The minimum atomic E-state index is -0.142. The average molecular weight is 290 g/mol. The largest absolute Gasteiger partial charge is 0.336 e. The van der Waals surface area contributed by atoms with Gasteiger partial charge in [-0.25, -0.2) is 9.48 Å². The van der Waals surface area contributed by atoms with Crippen molar-refractivity contribution in [2.24, 2.45) is 0 Å². The van der Waals surface area contributed by atoms with E-state index in [1.807, 2.05) is 0 Å². The number of carbonyl (C=O) groups is 1. The van der Waals surface area contributed by atoms with E-state index in [-0.39, 0.29) is 11.6 Å². The topological polar surface area (TPSA) is 76.0 Å². The molecule has 0 radical (unpaired) electrons. The van der Waals surface area contributed by atoms with Crippen LogP contribution in [0.3, 0.4) is 0 Å². The molecule has 0 aliphatic heterocycles. The zero-order valence-electron chi connectivity index (χ0n) is 12.2. The van der Waals surface area contributed by atoms with Crippen molar-refractivity contribution in [3.8, 4) is 0 Å². The summed E-state index contributed by atoms with van der Waals surface area (Å²) in [5, 5.41) is 10.2. The first-order chi connectivity index (χ1) is 10.2. The standard InChI is InChI=1S/C15H22N4O2/c20-14-10-11-4-3-7-13(11)18-19(14)9-8-16-15(21)17-12-5-1-2-6-12/h10,12H,1-9H2,(H2,16,17,21). The Morgan fingerprint density at radius 1 is 1.29 bits per heavy atom. The van der Waals surface area contributed by atoms with Gasteiger partial charge >= 0.3 is 6.03 Å². The molecule has 0 unspecified atom stereocenters. The van der Waals surface area contributed by atoms with Gasteiger partial charge in [0.1, 0.15) is 0 Å². The molecule has 3 rings (SSSR count). The normalized spacial score (nSPS) is 17.7. The monoisotopic (exact) mass is 290 g/mol. The minimum absolute atomic E-state index is 0.0753. The Labute approximate surface area is 123 Å². The highest BCUT2D eigenvalue weighted by Gasteiger charge is 2.17. The van der Waals surface area contributed by atoms with Gasteiger partial charge in [0.2, 0.25) is 0 Å². The van der Waals surface area contributed by atoms with Gasteiger partial charge in [0, 0.05) is 18.7 Å². The summed E-state index contributed by atoms with van der Waals surface area (Å²) in [4.78, 5) is 23.6. The second-order valence-electron chi connectivity index (χ2n) is 5.91. The van der Waals surface area contributed by atoms with Gasteiger partial charge in [0.15, 0.2) is 0 Å². The Balaban J connectivity index is 1.49. The molecule has 2 N–H and O–H groups in total. The molecule has 1 fully saturated rings. The molecule has 2 aliphatic rings. The van der Waals surface area contributed by atoms with E-state index in [0.717, 1.165) is 43.4 Å². The van der Waals surface area contributed by atoms with E-state index in [4.69, 9.17) is 0 Å². The third kappa shape index (κ3) is 3.43. The van der Waals surface area contributed by atoms with Crippen LogP contribution in [0.4, 0.5) is 4.79 Å². The van der Waals surface area contributed by atoms with Gasteiger partial charge in [0.25, 0.3) is 5.56 Å². The first kappa shape index (κ1) is 14.1. The lowest BCUT2D eigenvalue weighted by Gasteiger charge is -2.13. The van der Waals surface area contributed by atoms with Gasteiger partial charge in [-0.1, -0.05) is 12.8 Å². The summed E-state index contributed by atoms with van der Waals surface area (Å²) in [5.74, 6) is 0. The third-order valence-electron chi connectivity index (χ3n) is 4.32. The number of aromatic nitrogens is 2. The fraction of sp³-hybridized carbons (Fsp3) is 0.667. The third-order valence-corrected chi connectivity index (χ3v) is 4.32. The van der Waals surface area contributed by atoms with Crippen LogP contribution in [0.25, 0.3) is 0 Å². The number of hydrogen-bond acceptors (Lipinski definition) is 3. The summed E-state index contributed by atoms with van der Waals surface area (Å²) in [6, 6.07) is 1.86. The lowest BCUT2D eigenvalue weighted by atomic mass is 10.2. The Bertz CT molecular complexity index is 576. The maximum absolute atomic E-state index is 11.9. The van der Waals surface area contributed by atoms with Crippen LogP contribution in [-0.2, 0) is 19.4 Å². The van der Waals surface area contributed by atoms with Crippen LogP contribution < -0.4 is 16.2 Å². The SMILES string of the molecule is O=C(NCCn1nc2c(cc1=O)CCC2)NC1CCCC1. The number of carbonyl (C=O) groups excluding carboxylic acids is 1. The fourth-order valence-electron chi connectivity index (χ4n) is 3.18. The highest BCUT2D eigenvalue weighted by Crippen LogP contribution is 2.17. The second-order valence-corrected chi connectivity index (χ2v) is 5.91. The quantitative estimate of drug-likeness (QED) is 0.867. The summed E-state index contributed by atoms with van der Waals surface area (Å²) < 4.78 is 1.46. The maximum Gasteiger partial charge on any atom is 0.315 e. The van der Waals surface area contributed by atoms with Crippen LogP contribution in [0.15, 0.2) is 10.9 Å². The van der Waals surface area contributed by atoms with Crippen molar-refractivity contribution in [2.45, 2.75) is 57.5 Å². The summed E-state index contributed by atoms with van der Waals surface area (Å²) in [6.45, 7) is 0.842. The molecule has 21 heavy (non-hydrogen) atoms. The molecule has 0 bridgehead atoms. The molecule has 114 valence electrons. The molecule has 1 aromatic heterocycles. The van der Waals surface area contributed by atoms with Gasteiger partial charge in [-0.05, 0) is 37.7 Å². The number of hydrogen-bond donors (Lipinski definition) is 2. The summed E-state index contributed by atoms with van der Waals surface area (Å²) >= 11 is 0. The lowest BCUT2D eigenvalue weighted by molar-refractivity contribution is 0.236. The number of fused-ring (bicyclic) bond motifs is 1. The highest BCUT2D eigenvalue weighted by molar-refractivity contribution is 5.74. The van der Waals surface area contributed by atoms with Crippen LogP contribution >= 0.6 is 0 Å². The van der Waals surface area contributed by atoms with Crippen LogP contribution in [0.2, 0.25) is 0 Å². The Morgan fingerprint density at radius 2 is 2.10 bits per heavy atom. The van der Waals surface area contributed by atoms with Crippen molar-refractivity contribution in [1.29, 1.82) is 0 Å². The first-order valence-corrected chi connectivity index (χ1v) is 7.86. The van der Waals surface area contributed by atoms with E-state index < -0.39 is 0 Å². The van der Waals surface area contributed by atoms with Crippen LogP contribution in [0, 0.1) is 0 Å². The van der Waals surface area contributed by atoms with E-state index in [9.17, 15) is 9.59 Å². The van der Waals surface area contributed by atoms with Gasteiger partial charge in [0.05, 0.1) is 12.2 Å². The van der Waals surface area contributed by atoms with Crippen molar-refractivity contribution in [3.63, 3.8) is 0 Å². The van der Waals surface area contributed by atoms with Crippen LogP contribution in [0.1, 0.15) is 43.4 Å². The van der Waals surface area contributed by atoms with E-state index in [0.29, 0.717) is 19.1 Å². The molecule has 0 saturated heterocycles. The smallest absolute Gasteiger partial charge is 0.315 e. The second kappa shape index (κ2) is 6.28. The fourth-order valence-corrected chi connectivity index (χ4v) is 3.18. The number of urea groups is 1. The highest BCUT2D eigenvalue weighted by atomic mass is 16.2. The molecule has 2 aliphatic carbocycles. The Kier molecular flexibility index (Phi) is 4.22. The molecule has 0 atom stereocenters. The summed E-state index contributed by atoms with van der Waals surface area (Å²) in [7, 11) is 0. The molecule has 0 aromatic carbocycles. The van der Waals surface area contributed by atoms with Crippen molar-refractivity contribution in [3.05, 3.63) is 27.7 Å². The zero-order chi connectivity index (χ0) is 14.7. The number of aryl methyl sites for hydroxylation is 2. The maximum atomic E-state index is 11.9. The van der Waals surface area contributed by atoms with E-state index in [2.05, 4.69) is 15.7 Å². The molecule has 1 saturated carbocycles. The van der Waals surface area contributed by atoms with Crippen molar-refractivity contribution < 1.29 is 4.79 Å². The molecular weight excluding hydrogens is 268 g/mol. The number of nitrogens with zero attached hydrogens (tertiary/aromatic N) is 2. The lowest BCUT2D eigenvalue weighted by Crippen LogP contribution is -2.42. The van der Waals surface area contributed by atoms with Crippen molar-refractivity contribution in [1.82, 2.24) is 20.4 Å². The molecule has 1 heterocycles. The van der Waals surface area contributed by atoms with Crippen LogP contribution in [0.5, 0.6) is 0 Å². The van der Waals surface area contributed by atoms with E-state index >= 15 is 0 Å². The number of nitrogens with one attached hydrogen (secondary N) is 2. The summed E-state index contributed by atoms with van der Waals surface area (Å²) in [6.07, 6.45) is 7.51. The predicted octanol–water partition coefficient (Wildman–Crippen LogP) is 0.974. The molecule has 2 amide bonds. The first-order valence-electron chi connectivity index (χ1n) is 7.86. The molecule has 6 nitrogen and oxygen atoms in total. The predicted molar refractivity (Wildman–Crippen MR) is 79.3 cm³/mol. The van der Waals surface area contributed by atoms with Gasteiger partial charge in [-0.15, -0.1) is 0 Å². The molecule has 0 spiro atoms. The molecular formula is C15H22N4O2. The van der Waals surface area contributed by atoms with E-state index in [1.54, 1.807) is 6.07 Å². The molecule has 1 aromatic rings. The van der Waals surface area contributed by atoms with Crippen molar-refractivity contribution >= 4 is 6.03 Å². The zero-order valence-corrected chi connectivity index (χ0v) is 12.2. The van der Waals surface area contributed by atoms with Gasteiger partial charge in [-0.2, -0.15) is 5.10 Å². The van der Waals surface area contributed by atoms with Gasteiger partial charge < -0.3 is 10.6 Å². The average Bonchev–Trinajstić information content (AvgIpc) is 3.10. The Hall–Kier alpha value is -1.85.